The number of fused-ring (bicyclic) bond motifs is 1. The Kier molecular flexibility index (Phi) is 2.60. The largest absolute Gasteiger partial charge is 0.481 e. The Bertz CT molecular complexity index is 536. The number of nitrogens with one attached hydrogen (secondary N) is 1. The molecule has 4 nitrogen and oxygen atoms in total. The minimum absolute atomic E-state index is 0.183. The summed E-state index contributed by atoms with van der Waals surface area (Å²) in [4.78, 5) is 10.7. The third-order valence-corrected chi connectivity index (χ3v) is 2.55. The van der Waals surface area contributed by atoms with Crippen LogP contribution in [-0.4, -0.2) is 21.3 Å². The highest BCUT2D eigenvalue weighted by atomic mass is 19.1. The SMILES string of the molecule is CC(Cc1cc2cn[nH]c2cc1F)C(=O)O. The second-order valence-corrected chi connectivity index (χ2v) is 3.84. The molecule has 16 heavy (non-hydrogen) atoms. The fraction of sp³-hybridized carbons (Fsp3) is 0.273. The van der Waals surface area contributed by atoms with Crippen LogP contribution in [0.4, 0.5) is 4.39 Å². The number of carboxylic acid groups (broad SMARTS) is 1. The van der Waals surface area contributed by atoms with Gasteiger partial charge in [-0.2, -0.15) is 5.10 Å². The summed E-state index contributed by atoms with van der Waals surface area (Å²) in [6.07, 6.45) is 1.77. The van der Waals surface area contributed by atoms with Gasteiger partial charge in [-0.15, -0.1) is 0 Å². The zero-order valence-electron chi connectivity index (χ0n) is 8.70. The fourth-order valence-corrected chi connectivity index (χ4v) is 1.59. The zero-order valence-corrected chi connectivity index (χ0v) is 8.70. The van der Waals surface area contributed by atoms with Gasteiger partial charge in [0.2, 0.25) is 0 Å². The predicted octanol–water partition coefficient (Wildman–Crippen LogP) is 1.97. The van der Waals surface area contributed by atoms with E-state index < -0.39 is 17.7 Å². The molecule has 0 aliphatic heterocycles. The molecular weight excluding hydrogens is 211 g/mol. The number of aromatic amines is 1. The van der Waals surface area contributed by atoms with Gasteiger partial charge in [0.05, 0.1) is 17.6 Å². The molecule has 0 saturated carbocycles. The smallest absolute Gasteiger partial charge is 0.306 e. The second kappa shape index (κ2) is 3.92. The number of hydrogen-bond acceptors (Lipinski definition) is 2. The molecule has 1 unspecified atom stereocenters. The molecule has 0 bridgehead atoms. The van der Waals surface area contributed by atoms with Crippen molar-refractivity contribution in [3.63, 3.8) is 0 Å². The van der Waals surface area contributed by atoms with E-state index in [4.69, 9.17) is 5.11 Å². The Morgan fingerprint density at radius 3 is 3.06 bits per heavy atom. The number of aliphatic carboxylic acids is 1. The number of nitrogens with zero attached hydrogens (tertiary/aromatic N) is 1. The van der Waals surface area contributed by atoms with Crippen molar-refractivity contribution in [2.75, 3.05) is 0 Å². The number of carbonyl (C=O) groups is 1. The molecule has 0 aliphatic carbocycles. The standard InChI is InChI=1S/C11H11FN2O2/c1-6(11(15)16)2-7-3-8-5-13-14-10(8)4-9(7)12/h3-6H,2H2,1H3,(H,13,14)(H,15,16). The summed E-state index contributed by atoms with van der Waals surface area (Å²) >= 11 is 0. The maximum Gasteiger partial charge on any atom is 0.306 e. The third-order valence-electron chi connectivity index (χ3n) is 2.55. The topological polar surface area (TPSA) is 66.0 Å². The molecule has 0 amide bonds. The van der Waals surface area contributed by atoms with Crippen LogP contribution in [0.5, 0.6) is 0 Å². The molecule has 0 radical (unpaired) electrons. The van der Waals surface area contributed by atoms with E-state index in [1.165, 1.54) is 6.07 Å². The normalized spacial score (nSPS) is 12.9. The molecule has 0 saturated heterocycles. The molecule has 0 aliphatic rings. The summed E-state index contributed by atoms with van der Waals surface area (Å²) in [6, 6.07) is 2.97. The first kappa shape index (κ1) is 10.6. The Morgan fingerprint density at radius 2 is 2.38 bits per heavy atom. The minimum Gasteiger partial charge on any atom is -0.481 e. The summed E-state index contributed by atoms with van der Waals surface area (Å²) in [7, 11) is 0. The lowest BCUT2D eigenvalue weighted by molar-refractivity contribution is -0.141. The lowest BCUT2D eigenvalue weighted by Gasteiger charge is -2.07. The van der Waals surface area contributed by atoms with Crippen molar-refractivity contribution in [2.24, 2.45) is 5.92 Å². The van der Waals surface area contributed by atoms with Crippen molar-refractivity contribution in [1.29, 1.82) is 0 Å². The van der Waals surface area contributed by atoms with Crippen molar-refractivity contribution in [3.05, 3.63) is 29.7 Å². The van der Waals surface area contributed by atoms with Crippen molar-refractivity contribution in [1.82, 2.24) is 10.2 Å². The molecule has 1 aromatic carbocycles. The Balaban J connectivity index is 2.36. The fourth-order valence-electron chi connectivity index (χ4n) is 1.59. The van der Waals surface area contributed by atoms with Crippen LogP contribution in [0.25, 0.3) is 10.9 Å². The number of H-pyrrole nitrogens is 1. The van der Waals surface area contributed by atoms with Crippen LogP contribution in [-0.2, 0) is 11.2 Å². The van der Waals surface area contributed by atoms with E-state index in [1.54, 1.807) is 19.2 Å². The van der Waals surface area contributed by atoms with Gasteiger partial charge < -0.3 is 5.11 Å². The summed E-state index contributed by atoms with van der Waals surface area (Å²) in [5.41, 5.74) is 1.02. The Labute approximate surface area is 91.1 Å². The Morgan fingerprint density at radius 1 is 1.62 bits per heavy atom. The number of hydrogen-bond donors (Lipinski definition) is 2. The zero-order chi connectivity index (χ0) is 11.7. The molecule has 0 fully saturated rings. The maximum atomic E-state index is 13.6. The second-order valence-electron chi connectivity index (χ2n) is 3.84. The van der Waals surface area contributed by atoms with Crippen LogP contribution in [0, 0.1) is 11.7 Å². The molecule has 1 aromatic heterocycles. The van der Waals surface area contributed by atoms with E-state index in [2.05, 4.69) is 10.2 Å². The molecule has 2 aromatic rings. The molecule has 84 valence electrons. The monoisotopic (exact) mass is 222 g/mol. The first-order valence-corrected chi connectivity index (χ1v) is 4.92. The van der Waals surface area contributed by atoms with Gasteiger partial charge in [-0.05, 0) is 24.1 Å². The van der Waals surface area contributed by atoms with E-state index in [9.17, 15) is 9.18 Å². The van der Waals surface area contributed by atoms with Gasteiger partial charge in [0.25, 0.3) is 0 Å². The molecular formula is C11H11FN2O2. The molecule has 2 rings (SSSR count). The Hall–Kier alpha value is -1.91. The first-order valence-electron chi connectivity index (χ1n) is 4.92. The summed E-state index contributed by atoms with van der Waals surface area (Å²) in [6.45, 7) is 1.56. The summed E-state index contributed by atoms with van der Waals surface area (Å²) in [5, 5.41) is 16.0. The van der Waals surface area contributed by atoms with Crippen LogP contribution in [0.2, 0.25) is 0 Å². The number of halogens is 1. The van der Waals surface area contributed by atoms with Crippen LogP contribution in [0.1, 0.15) is 12.5 Å². The van der Waals surface area contributed by atoms with Crippen molar-refractivity contribution in [3.8, 4) is 0 Å². The van der Waals surface area contributed by atoms with Crippen LogP contribution < -0.4 is 0 Å². The quantitative estimate of drug-likeness (QED) is 0.834. The van der Waals surface area contributed by atoms with Crippen molar-refractivity contribution in [2.45, 2.75) is 13.3 Å². The van der Waals surface area contributed by atoms with Gasteiger partial charge in [0.15, 0.2) is 0 Å². The summed E-state index contributed by atoms with van der Waals surface area (Å²) < 4.78 is 13.6. The number of carboxylic acids is 1. The highest BCUT2D eigenvalue weighted by Gasteiger charge is 2.15. The third kappa shape index (κ3) is 1.88. The van der Waals surface area contributed by atoms with Gasteiger partial charge in [0, 0.05) is 5.39 Å². The number of aromatic nitrogens is 2. The van der Waals surface area contributed by atoms with Gasteiger partial charge >= 0.3 is 5.97 Å². The van der Waals surface area contributed by atoms with E-state index in [0.717, 1.165) is 5.39 Å². The van der Waals surface area contributed by atoms with E-state index in [1.807, 2.05) is 0 Å². The molecule has 0 spiro atoms. The lowest BCUT2D eigenvalue weighted by atomic mass is 10.00. The van der Waals surface area contributed by atoms with Crippen LogP contribution >= 0.6 is 0 Å². The maximum absolute atomic E-state index is 13.6. The van der Waals surface area contributed by atoms with Crippen LogP contribution in [0.3, 0.4) is 0 Å². The average molecular weight is 222 g/mol. The van der Waals surface area contributed by atoms with Crippen molar-refractivity contribution >= 4 is 16.9 Å². The van der Waals surface area contributed by atoms with E-state index in [0.29, 0.717) is 11.1 Å². The highest BCUT2D eigenvalue weighted by Crippen LogP contribution is 2.19. The van der Waals surface area contributed by atoms with Gasteiger partial charge in [-0.3, -0.25) is 9.89 Å². The van der Waals surface area contributed by atoms with E-state index in [-0.39, 0.29) is 6.42 Å². The molecule has 5 heteroatoms. The average Bonchev–Trinajstić information content (AvgIpc) is 2.65. The first-order chi connectivity index (χ1) is 7.58. The molecule has 1 heterocycles. The minimum atomic E-state index is -0.924. The van der Waals surface area contributed by atoms with Crippen molar-refractivity contribution < 1.29 is 14.3 Å². The number of benzene rings is 1. The van der Waals surface area contributed by atoms with Crippen LogP contribution in [0.15, 0.2) is 18.3 Å². The highest BCUT2D eigenvalue weighted by molar-refractivity contribution is 5.79. The lowest BCUT2D eigenvalue weighted by Crippen LogP contribution is -2.13. The van der Waals surface area contributed by atoms with Gasteiger partial charge in [0.1, 0.15) is 5.82 Å². The van der Waals surface area contributed by atoms with Gasteiger partial charge in [-0.1, -0.05) is 6.92 Å². The molecule has 2 N–H and O–H groups in total. The molecule has 1 atom stereocenters. The van der Waals surface area contributed by atoms with E-state index >= 15 is 0 Å². The number of rotatable bonds is 3. The predicted molar refractivity (Wildman–Crippen MR) is 56.6 cm³/mol. The summed E-state index contributed by atoms with van der Waals surface area (Å²) in [5.74, 6) is -1.92. The van der Waals surface area contributed by atoms with Gasteiger partial charge in [-0.25, -0.2) is 4.39 Å².